The minimum absolute atomic E-state index is 0.0832. The van der Waals surface area contributed by atoms with E-state index >= 15 is 0 Å². The van der Waals surface area contributed by atoms with Gasteiger partial charge in [0.05, 0.1) is 0 Å². The maximum atomic E-state index is 13.5. The number of carbonyl (C=O) groups is 3. The number of amides is 2. The predicted octanol–water partition coefficient (Wildman–Crippen LogP) is 2.59. The second-order valence-electron chi connectivity index (χ2n) is 9.91. The van der Waals surface area contributed by atoms with E-state index in [1.807, 2.05) is 5.82 Å². The van der Waals surface area contributed by atoms with Crippen LogP contribution in [0, 0.1) is 5.92 Å². The Kier molecular flexibility index (Phi) is 11.3. The van der Waals surface area contributed by atoms with Gasteiger partial charge in [-0.05, 0) is 12.1 Å². The van der Waals surface area contributed by atoms with Crippen molar-refractivity contribution in [2.75, 3.05) is 6.54 Å². The van der Waals surface area contributed by atoms with E-state index in [1.165, 1.54) is 23.0 Å². The van der Waals surface area contributed by atoms with E-state index in [1.54, 1.807) is 31.2 Å². The molecule has 0 bridgehead atoms. The number of hydrogen-bond acceptors (Lipinski definition) is 6. The number of carbonyl (C=O) groups excluding carboxylic acids is 3. The second kappa shape index (κ2) is 14.2. The molecule has 11 heteroatoms. The molecule has 2 fully saturated rings. The van der Waals surface area contributed by atoms with Crippen molar-refractivity contribution in [3.63, 3.8) is 0 Å². The quantitative estimate of drug-likeness (QED) is 0.239. The molecule has 2 N–H and O–H groups in total. The van der Waals surface area contributed by atoms with Crippen LogP contribution in [0.25, 0.3) is 0 Å². The molecule has 0 radical (unpaired) electrons. The molecule has 3 atom stereocenters. The van der Waals surface area contributed by atoms with Crippen molar-refractivity contribution in [1.82, 2.24) is 19.9 Å². The molecule has 1 aliphatic heterocycles. The van der Waals surface area contributed by atoms with Crippen LogP contribution < -0.4 is 10.6 Å². The molecule has 2 amide bonds. The van der Waals surface area contributed by atoms with Gasteiger partial charge in [-0.15, -0.1) is 0 Å². The summed E-state index contributed by atoms with van der Waals surface area (Å²) in [6.45, 7) is 5.07. The molecule has 1 aliphatic carbocycles. The summed E-state index contributed by atoms with van der Waals surface area (Å²) < 4.78 is 28.1. The van der Waals surface area contributed by atoms with Crippen LogP contribution in [0.3, 0.4) is 0 Å². The normalized spacial score (nSPS) is 22.8. The summed E-state index contributed by atoms with van der Waals surface area (Å²) in [5.41, 5.74) is 0. The topological polar surface area (TPSA) is 126 Å². The van der Waals surface area contributed by atoms with Gasteiger partial charge in [0.25, 0.3) is 0 Å². The Balaban J connectivity index is 1.75. The van der Waals surface area contributed by atoms with Gasteiger partial charge in [0.15, 0.2) is 0 Å². The first-order valence-corrected chi connectivity index (χ1v) is 17.1. The number of rotatable bonds is 10. The molecule has 208 valence electrons. The molecule has 1 aromatic rings. The molecule has 1 saturated heterocycles. The summed E-state index contributed by atoms with van der Waals surface area (Å²) >= 11 is -0.0832. The van der Waals surface area contributed by atoms with Gasteiger partial charge in [0, 0.05) is 6.20 Å². The van der Waals surface area contributed by atoms with Crippen molar-refractivity contribution in [3.8, 4) is 0 Å². The van der Waals surface area contributed by atoms with Gasteiger partial charge in [-0.2, -0.15) is 0 Å². The van der Waals surface area contributed by atoms with Crippen LogP contribution >= 0.6 is 0 Å². The maximum absolute atomic E-state index is 13.5. The second-order valence-corrected chi connectivity index (χ2v) is 13.5. The van der Waals surface area contributed by atoms with E-state index in [-0.39, 0.29) is 38.2 Å². The van der Waals surface area contributed by atoms with E-state index in [2.05, 4.69) is 22.2 Å². The standard InChI is InChI=1S/C27H38N4O5SSe/c1-4-10-24(38-3)27(34)30-22(17-20-11-6-5-7-12-20)26(33)29-21-15-14-19(2)31(18-23(21)32)37(35,36)25-13-8-9-16-28-25/h4,8-10,13,16,19-22H,1,5-7,11-12,14-15,17-18H2,2-3H3,(H,29,33)(H,30,34)/b24-10-/t19?,21?,22-/m0/s1. The van der Waals surface area contributed by atoms with Crippen molar-refractivity contribution in [1.29, 1.82) is 0 Å². The zero-order valence-electron chi connectivity index (χ0n) is 22.1. The van der Waals surface area contributed by atoms with Gasteiger partial charge in [0.1, 0.15) is 0 Å². The molecule has 9 nitrogen and oxygen atoms in total. The first-order chi connectivity index (χ1) is 18.2. The van der Waals surface area contributed by atoms with Crippen molar-refractivity contribution in [2.24, 2.45) is 5.92 Å². The Bertz CT molecular complexity index is 1140. The number of sulfonamides is 1. The molecule has 2 unspecified atom stereocenters. The van der Waals surface area contributed by atoms with Crippen LogP contribution in [0.4, 0.5) is 0 Å². The third kappa shape index (κ3) is 7.85. The number of allylic oxidation sites excluding steroid dienone is 2. The zero-order valence-corrected chi connectivity index (χ0v) is 24.6. The first kappa shape index (κ1) is 30.2. The summed E-state index contributed by atoms with van der Waals surface area (Å²) in [4.78, 5) is 43.6. The minimum atomic E-state index is -3.97. The number of aromatic nitrogens is 1. The molecule has 2 heterocycles. The van der Waals surface area contributed by atoms with Gasteiger partial charge in [-0.1, -0.05) is 6.07 Å². The van der Waals surface area contributed by atoms with Crippen molar-refractivity contribution >= 4 is 42.6 Å². The summed E-state index contributed by atoms with van der Waals surface area (Å²) in [5.74, 6) is 1.17. The molecule has 3 rings (SSSR count). The molecule has 0 aromatic carbocycles. The van der Waals surface area contributed by atoms with Gasteiger partial charge < -0.3 is 0 Å². The molecule has 1 aromatic heterocycles. The predicted molar refractivity (Wildman–Crippen MR) is 147 cm³/mol. The fraction of sp³-hybridized carbons (Fsp3) is 0.556. The summed E-state index contributed by atoms with van der Waals surface area (Å²) in [5, 5.41) is 5.64. The van der Waals surface area contributed by atoms with Crippen LogP contribution in [0.2, 0.25) is 5.82 Å². The van der Waals surface area contributed by atoms with Crippen LogP contribution in [0.5, 0.6) is 0 Å². The third-order valence-corrected chi connectivity index (χ3v) is 10.7. The first-order valence-electron chi connectivity index (χ1n) is 13.1. The molecular weight excluding hydrogens is 571 g/mol. The Morgan fingerprint density at radius 1 is 1.21 bits per heavy atom. The van der Waals surface area contributed by atoms with Gasteiger partial charge in [-0.3, -0.25) is 0 Å². The molecule has 0 spiro atoms. The fourth-order valence-electron chi connectivity index (χ4n) is 5.06. The Morgan fingerprint density at radius 2 is 1.95 bits per heavy atom. The van der Waals surface area contributed by atoms with E-state index < -0.39 is 34.1 Å². The average Bonchev–Trinajstić information content (AvgIpc) is 3.06. The molecular formula is C27H38N4O5SSe. The Labute approximate surface area is 232 Å². The number of ketones is 1. The van der Waals surface area contributed by atoms with Gasteiger partial charge >= 0.3 is 203 Å². The number of hydrogen-bond donors (Lipinski definition) is 2. The van der Waals surface area contributed by atoms with E-state index in [0.717, 1.165) is 25.7 Å². The van der Waals surface area contributed by atoms with Crippen molar-refractivity contribution in [2.45, 2.75) is 87.3 Å². The molecule has 1 saturated carbocycles. The summed E-state index contributed by atoms with van der Waals surface area (Å²) in [6, 6.07) is 2.57. The summed E-state index contributed by atoms with van der Waals surface area (Å²) in [6.07, 6.45) is 11.2. The van der Waals surface area contributed by atoms with Gasteiger partial charge in [-0.25, -0.2) is 4.98 Å². The number of pyridine rings is 1. The SMILES string of the molecule is C=C/C=C(\[Se]C)C(=O)N[C@@H](CC1CCCCC1)C(=O)NC1CCC(C)N(S(=O)(=O)c2ccccn2)CC1=O. The number of nitrogens with zero attached hydrogens (tertiary/aromatic N) is 2. The Morgan fingerprint density at radius 3 is 2.58 bits per heavy atom. The summed E-state index contributed by atoms with van der Waals surface area (Å²) in [7, 11) is -3.97. The molecule has 38 heavy (non-hydrogen) atoms. The van der Waals surface area contributed by atoms with Crippen LogP contribution in [-0.2, 0) is 24.4 Å². The van der Waals surface area contributed by atoms with Crippen LogP contribution in [0.1, 0.15) is 58.3 Å². The van der Waals surface area contributed by atoms with E-state index in [4.69, 9.17) is 0 Å². The van der Waals surface area contributed by atoms with E-state index in [0.29, 0.717) is 29.7 Å². The molecule has 2 aliphatic rings. The third-order valence-electron chi connectivity index (χ3n) is 7.22. The number of nitrogens with one attached hydrogen (secondary N) is 2. The zero-order chi connectivity index (χ0) is 27.7. The van der Waals surface area contributed by atoms with Gasteiger partial charge in [0.2, 0.25) is 0 Å². The monoisotopic (exact) mass is 610 g/mol. The van der Waals surface area contributed by atoms with Crippen molar-refractivity contribution < 1.29 is 22.8 Å². The fourth-order valence-corrected chi connectivity index (χ4v) is 7.62. The Hall–Kier alpha value is -2.33. The van der Waals surface area contributed by atoms with Crippen molar-refractivity contribution in [3.05, 3.63) is 47.6 Å². The average molecular weight is 610 g/mol. The van der Waals surface area contributed by atoms with E-state index in [9.17, 15) is 22.8 Å². The number of Topliss-reactive ketones (excluding diaryl/α,β-unsaturated/α-hetero) is 1. The van der Waals surface area contributed by atoms with Crippen LogP contribution in [0.15, 0.2) is 52.6 Å². The van der Waals surface area contributed by atoms with Crippen LogP contribution in [-0.4, -0.2) is 74.9 Å².